The summed E-state index contributed by atoms with van der Waals surface area (Å²) >= 11 is 2.91. The van der Waals surface area contributed by atoms with Crippen LogP contribution in [0, 0.1) is 5.41 Å². The van der Waals surface area contributed by atoms with Crippen LogP contribution in [0.4, 0.5) is 5.13 Å². The Labute approximate surface area is 183 Å². The van der Waals surface area contributed by atoms with Crippen LogP contribution in [0.5, 0.6) is 0 Å². The smallest absolute Gasteiger partial charge is 0.251 e. The van der Waals surface area contributed by atoms with Gasteiger partial charge in [-0.15, -0.1) is 11.8 Å². The van der Waals surface area contributed by atoms with Crippen LogP contribution in [0.3, 0.4) is 0 Å². The molecule has 0 saturated carbocycles. The molecule has 0 spiro atoms. The van der Waals surface area contributed by atoms with Crippen molar-refractivity contribution in [3.8, 4) is 0 Å². The largest absolute Gasteiger partial charge is 0.445 e. The first-order chi connectivity index (χ1) is 14.3. The van der Waals surface area contributed by atoms with Crippen LogP contribution >= 0.6 is 23.1 Å². The normalized spacial score (nSPS) is 11.3. The van der Waals surface area contributed by atoms with Gasteiger partial charge in [0, 0.05) is 12.0 Å². The van der Waals surface area contributed by atoms with E-state index in [9.17, 15) is 9.59 Å². The second kappa shape index (κ2) is 9.90. The number of aromatic nitrogens is 2. The minimum atomic E-state index is -0.329. The molecule has 2 amide bonds. The number of thioether (sulfide) groups is 1. The summed E-state index contributed by atoms with van der Waals surface area (Å²) in [5.41, 5.74) is 0.658. The Bertz CT molecular complexity index is 993. The van der Waals surface area contributed by atoms with Crippen LogP contribution in [0.25, 0.3) is 0 Å². The van der Waals surface area contributed by atoms with Crippen LogP contribution in [0.1, 0.15) is 42.8 Å². The third-order valence-corrected chi connectivity index (χ3v) is 5.91. The van der Waals surface area contributed by atoms with Gasteiger partial charge in [0.25, 0.3) is 5.91 Å². The van der Waals surface area contributed by atoms with Crippen molar-refractivity contribution in [1.29, 1.82) is 0 Å². The van der Waals surface area contributed by atoms with E-state index in [1.54, 1.807) is 48.4 Å². The number of nitrogens with one attached hydrogen (secondary N) is 2. The van der Waals surface area contributed by atoms with Gasteiger partial charge in [-0.3, -0.25) is 9.59 Å². The van der Waals surface area contributed by atoms with Gasteiger partial charge in [-0.05, 0) is 17.5 Å². The number of carbonyl (C=O) groups is 2. The van der Waals surface area contributed by atoms with Gasteiger partial charge in [-0.1, -0.05) is 50.3 Å². The molecule has 0 unspecified atom stereocenters. The Morgan fingerprint density at radius 1 is 1.13 bits per heavy atom. The highest BCUT2D eigenvalue weighted by Crippen LogP contribution is 2.31. The van der Waals surface area contributed by atoms with Gasteiger partial charge in [0.2, 0.25) is 11.8 Å². The number of nitrogens with zero attached hydrogens (tertiary/aromatic N) is 2. The van der Waals surface area contributed by atoms with Crippen molar-refractivity contribution >= 4 is 40.0 Å². The molecule has 0 aliphatic carbocycles. The monoisotopic (exact) mass is 444 g/mol. The van der Waals surface area contributed by atoms with E-state index < -0.39 is 0 Å². The quantitative estimate of drug-likeness (QED) is 0.501. The number of benzene rings is 1. The molecule has 2 aromatic heterocycles. The number of anilines is 1. The SMILES string of the molecule is CC(C)(C)Cc1cnc(CSc2cnc(NC(=O)CNC(=O)c3ccccc3)s2)o1. The van der Waals surface area contributed by atoms with Crippen LogP contribution < -0.4 is 10.6 Å². The number of amides is 2. The summed E-state index contributed by atoms with van der Waals surface area (Å²) in [4.78, 5) is 32.6. The number of carbonyl (C=O) groups excluding carboxylic acids is 2. The highest BCUT2D eigenvalue weighted by Gasteiger charge is 2.15. The molecular formula is C21H24N4O3S2. The first kappa shape index (κ1) is 22.0. The molecule has 0 atom stereocenters. The average molecular weight is 445 g/mol. The fourth-order valence-corrected chi connectivity index (χ4v) is 4.29. The highest BCUT2D eigenvalue weighted by atomic mass is 32.2. The third-order valence-electron chi connectivity index (χ3n) is 3.82. The van der Waals surface area contributed by atoms with Crippen LogP contribution in [-0.4, -0.2) is 28.3 Å². The maximum absolute atomic E-state index is 12.1. The lowest BCUT2D eigenvalue weighted by molar-refractivity contribution is -0.115. The van der Waals surface area contributed by atoms with Gasteiger partial charge in [0.15, 0.2) is 5.13 Å². The first-order valence-electron chi connectivity index (χ1n) is 9.44. The third kappa shape index (κ3) is 7.00. The fourth-order valence-electron chi connectivity index (χ4n) is 2.55. The number of thiazole rings is 1. The molecule has 7 nitrogen and oxygen atoms in total. The molecular weight excluding hydrogens is 420 g/mol. The first-order valence-corrected chi connectivity index (χ1v) is 11.2. The van der Waals surface area contributed by atoms with Crippen molar-refractivity contribution in [2.75, 3.05) is 11.9 Å². The Morgan fingerprint density at radius 2 is 1.90 bits per heavy atom. The fraction of sp³-hybridized carbons (Fsp3) is 0.333. The molecule has 0 aliphatic heterocycles. The molecule has 0 fully saturated rings. The molecule has 2 N–H and O–H groups in total. The van der Waals surface area contributed by atoms with Gasteiger partial charge in [0.05, 0.1) is 28.9 Å². The Hall–Kier alpha value is -2.65. The second-order valence-electron chi connectivity index (χ2n) is 7.83. The van der Waals surface area contributed by atoms with Crippen molar-refractivity contribution in [3.63, 3.8) is 0 Å². The summed E-state index contributed by atoms with van der Waals surface area (Å²) < 4.78 is 6.72. The number of oxazole rings is 1. The van der Waals surface area contributed by atoms with Crippen LogP contribution in [0.15, 0.2) is 51.4 Å². The average Bonchev–Trinajstić information content (AvgIpc) is 3.33. The van der Waals surface area contributed by atoms with E-state index in [2.05, 4.69) is 41.4 Å². The summed E-state index contributed by atoms with van der Waals surface area (Å²) in [6, 6.07) is 8.75. The Balaban J connectivity index is 1.43. The molecule has 2 heterocycles. The summed E-state index contributed by atoms with van der Waals surface area (Å²) in [6.07, 6.45) is 4.32. The van der Waals surface area contributed by atoms with Crippen molar-refractivity contribution in [2.45, 2.75) is 37.2 Å². The maximum Gasteiger partial charge on any atom is 0.251 e. The Morgan fingerprint density at radius 3 is 2.63 bits per heavy atom. The topological polar surface area (TPSA) is 97.1 Å². The molecule has 30 heavy (non-hydrogen) atoms. The van der Waals surface area contributed by atoms with Gasteiger partial charge in [-0.2, -0.15) is 0 Å². The van der Waals surface area contributed by atoms with Gasteiger partial charge in [0.1, 0.15) is 5.76 Å². The molecule has 158 valence electrons. The number of hydrogen-bond acceptors (Lipinski definition) is 7. The van der Waals surface area contributed by atoms with Crippen molar-refractivity contribution < 1.29 is 14.0 Å². The summed E-state index contributed by atoms with van der Waals surface area (Å²) in [6.45, 7) is 6.35. The number of rotatable bonds is 8. The molecule has 0 saturated heterocycles. The van der Waals surface area contributed by atoms with E-state index in [-0.39, 0.29) is 23.8 Å². The lowest BCUT2D eigenvalue weighted by Crippen LogP contribution is -2.32. The minimum absolute atomic E-state index is 0.122. The summed E-state index contributed by atoms with van der Waals surface area (Å²) in [7, 11) is 0. The van der Waals surface area contributed by atoms with E-state index in [4.69, 9.17) is 4.42 Å². The standard InChI is InChI=1S/C21H24N4O3S2/c1-21(2,3)9-15-10-22-17(28-15)13-29-18-12-24-20(30-18)25-16(26)11-23-19(27)14-7-5-4-6-8-14/h4-8,10,12H,9,11,13H2,1-3H3,(H,23,27)(H,24,25,26). The number of hydrogen-bond donors (Lipinski definition) is 2. The lowest BCUT2D eigenvalue weighted by Gasteiger charge is -2.15. The molecule has 0 aliphatic rings. The molecule has 9 heteroatoms. The molecule has 0 bridgehead atoms. The van der Waals surface area contributed by atoms with E-state index >= 15 is 0 Å². The van der Waals surface area contributed by atoms with Gasteiger partial charge in [-0.25, -0.2) is 9.97 Å². The van der Waals surface area contributed by atoms with Crippen molar-refractivity contribution in [3.05, 3.63) is 59.9 Å². The van der Waals surface area contributed by atoms with Crippen LogP contribution in [-0.2, 0) is 17.0 Å². The molecule has 0 radical (unpaired) electrons. The molecule has 3 aromatic rings. The zero-order valence-corrected chi connectivity index (χ0v) is 18.7. The predicted octanol–water partition coefficient (Wildman–Crippen LogP) is 4.38. The summed E-state index contributed by atoms with van der Waals surface area (Å²) in [5, 5.41) is 5.77. The predicted molar refractivity (Wildman–Crippen MR) is 119 cm³/mol. The maximum atomic E-state index is 12.1. The van der Waals surface area contributed by atoms with E-state index in [1.807, 2.05) is 6.07 Å². The highest BCUT2D eigenvalue weighted by molar-refractivity contribution is 8.00. The zero-order valence-electron chi connectivity index (χ0n) is 17.1. The van der Waals surface area contributed by atoms with Gasteiger partial charge >= 0.3 is 0 Å². The van der Waals surface area contributed by atoms with E-state index in [0.29, 0.717) is 22.3 Å². The Kier molecular flexibility index (Phi) is 7.28. The minimum Gasteiger partial charge on any atom is -0.445 e. The van der Waals surface area contributed by atoms with E-state index in [0.717, 1.165) is 16.4 Å². The van der Waals surface area contributed by atoms with Crippen molar-refractivity contribution in [1.82, 2.24) is 15.3 Å². The van der Waals surface area contributed by atoms with Crippen molar-refractivity contribution in [2.24, 2.45) is 5.41 Å². The molecule has 1 aromatic carbocycles. The zero-order chi connectivity index (χ0) is 21.6. The van der Waals surface area contributed by atoms with Crippen LogP contribution in [0.2, 0.25) is 0 Å². The summed E-state index contributed by atoms with van der Waals surface area (Å²) in [5.74, 6) is 1.52. The lowest BCUT2D eigenvalue weighted by atomic mass is 9.91. The van der Waals surface area contributed by atoms with E-state index in [1.165, 1.54) is 11.3 Å². The second-order valence-corrected chi connectivity index (χ2v) is 10.1. The van der Waals surface area contributed by atoms with Gasteiger partial charge < -0.3 is 15.1 Å². The molecule has 3 rings (SSSR count).